The Bertz CT molecular complexity index is 530. The van der Waals surface area contributed by atoms with Gasteiger partial charge in [-0.3, -0.25) is 14.5 Å². The second-order valence-corrected chi connectivity index (χ2v) is 6.58. The zero-order valence-electron chi connectivity index (χ0n) is 12.6. The van der Waals surface area contributed by atoms with Crippen LogP contribution in [-0.2, 0) is 0 Å². The molecule has 6 nitrogen and oxygen atoms in total. The van der Waals surface area contributed by atoms with Gasteiger partial charge >= 0.3 is 6.03 Å². The predicted molar refractivity (Wildman–Crippen MR) is 80.5 cm³/mol. The van der Waals surface area contributed by atoms with Crippen LogP contribution >= 0.6 is 0 Å². The highest BCUT2D eigenvalue weighted by molar-refractivity contribution is 5.93. The zero-order valence-corrected chi connectivity index (χ0v) is 12.6. The molecule has 6 heteroatoms. The highest BCUT2D eigenvalue weighted by atomic mass is 16.2. The van der Waals surface area contributed by atoms with Crippen molar-refractivity contribution in [1.82, 2.24) is 19.6 Å². The van der Waals surface area contributed by atoms with E-state index >= 15 is 0 Å². The van der Waals surface area contributed by atoms with E-state index < -0.39 is 0 Å². The molecule has 0 aromatic carbocycles. The maximum absolute atomic E-state index is 12.0. The summed E-state index contributed by atoms with van der Waals surface area (Å²) in [6.45, 7) is 3.78. The van der Waals surface area contributed by atoms with Crippen molar-refractivity contribution in [3.05, 3.63) is 12.4 Å². The summed E-state index contributed by atoms with van der Waals surface area (Å²) in [5.41, 5.74) is 0.934. The fourth-order valence-electron chi connectivity index (χ4n) is 3.78. The summed E-state index contributed by atoms with van der Waals surface area (Å²) in [4.78, 5) is 18.2. The average Bonchev–Trinajstić information content (AvgIpc) is 3.13. The Morgan fingerprint density at radius 3 is 2.57 bits per heavy atom. The lowest BCUT2D eigenvalue weighted by Gasteiger charge is -2.43. The molecule has 0 N–H and O–H groups in total. The number of nitrogens with zero attached hydrogens (tertiary/aromatic N) is 5. The minimum atomic E-state index is 0.0794. The van der Waals surface area contributed by atoms with E-state index in [0.29, 0.717) is 6.04 Å². The van der Waals surface area contributed by atoms with E-state index in [4.69, 9.17) is 0 Å². The Hall–Kier alpha value is -1.56. The van der Waals surface area contributed by atoms with Gasteiger partial charge < -0.3 is 4.90 Å². The van der Waals surface area contributed by atoms with Gasteiger partial charge in [-0.2, -0.15) is 5.10 Å². The third kappa shape index (κ3) is 2.21. The minimum absolute atomic E-state index is 0.0794. The SMILES string of the molecule is CN1CCN(c2cnn(C3CN(C4CCCC4)C3)c2)C1=O. The van der Waals surface area contributed by atoms with Gasteiger partial charge in [0.05, 0.1) is 17.9 Å². The third-order valence-corrected chi connectivity index (χ3v) is 5.22. The van der Waals surface area contributed by atoms with Gasteiger partial charge in [0.25, 0.3) is 0 Å². The van der Waals surface area contributed by atoms with Crippen LogP contribution in [0.1, 0.15) is 31.7 Å². The van der Waals surface area contributed by atoms with Gasteiger partial charge in [-0.25, -0.2) is 4.79 Å². The Morgan fingerprint density at radius 1 is 1.14 bits per heavy atom. The Labute approximate surface area is 125 Å². The maximum Gasteiger partial charge on any atom is 0.324 e. The first kappa shape index (κ1) is 13.1. The number of urea groups is 1. The van der Waals surface area contributed by atoms with E-state index in [2.05, 4.69) is 10.00 Å². The van der Waals surface area contributed by atoms with E-state index in [1.807, 2.05) is 29.0 Å². The van der Waals surface area contributed by atoms with Gasteiger partial charge in [0.15, 0.2) is 0 Å². The summed E-state index contributed by atoms with van der Waals surface area (Å²) in [6.07, 6.45) is 9.38. The number of likely N-dealkylation sites (N-methyl/N-ethyl adjacent to an activating group) is 1. The fraction of sp³-hybridized carbons (Fsp3) is 0.733. The molecule has 1 aromatic heterocycles. The molecular weight excluding hydrogens is 266 g/mol. The van der Waals surface area contributed by atoms with Crippen LogP contribution in [0.5, 0.6) is 0 Å². The van der Waals surface area contributed by atoms with Gasteiger partial charge in [0.1, 0.15) is 0 Å². The molecule has 3 aliphatic rings. The van der Waals surface area contributed by atoms with Crippen molar-refractivity contribution in [2.24, 2.45) is 0 Å². The lowest BCUT2D eigenvalue weighted by atomic mass is 10.0. The smallest absolute Gasteiger partial charge is 0.324 e. The van der Waals surface area contributed by atoms with Crippen molar-refractivity contribution >= 4 is 11.7 Å². The molecule has 21 heavy (non-hydrogen) atoms. The maximum atomic E-state index is 12.0. The number of aromatic nitrogens is 2. The molecule has 0 spiro atoms. The van der Waals surface area contributed by atoms with Crippen LogP contribution in [0.15, 0.2) is 12.4 Å². The largest absolute Gasteiger partial charge is 0.326 e. The van der Waals surface area contributed by atoms with Crippen molar-refractivity contribution in [1.29, 1.82) is 0 Å². The van der Waals surface area contributed by atoms with E-state index in [-0.39, 0.29) is 6.03 Å². The molecule has 3 heterocycles. The van der Waals surface area contributed by atoms with Gasteiger partial charge in [0, 0.05) is 45.5 Å². The first-order valence-corrected chi connectivity index (χ1v) is 8.03. The van der Waals surface area contributed by atoms with Gasteiger partial charge in [-0.15, -0.1) is 0 Å². The lowest BCUT2D eigenvalue weighted by Crippen LogP contribution is -2.52. The monoisotopic (exact) mass is 289 g/mol. The number of likely N-dealkylation sites (tertiary alicyclic amines) is 1. The number of carbonyl (C=O) groups excluding carboxylic acids is 1. The second kappa shape index (κ2) is 5.02. The molecule has 4 rings (SSSR count). The van der Waals surface area contributed by atoms with E-state index in [1.54, 1.807) is 4.90 Å². The standard InChI is InChI=1S/C15H23N5O/c1-17-6-7-19(15(17)21)13-8-16-20(11-13)14-9-18(10-14)12-4-2-3-5-12/h8,11-12,14H,2-7,9-10H2,1H3. The summed E-state index contributed by atoms with van der Waals surface area (Å²) >= 11 is 0. The number of rotatable bonds is 3. The zero-order chi connectivity index (χ0) is 14.4. The first-order valence-electron chi connectivity index (χ1n) is 8.03. The summed E-state index contributed by atoms with van der Waals surface area (Å²) in [5, 5.41) is 4.48. The molecule has 0 unspecified atom stereocenters. The molecule has 0 bridgehead atoms. The summed E-state index contributed by atoms with van der Waals surface area (Å²) in [6, 6.07) is 1.37. The number of hydrogen-bond donors (Lipinski definition) is 0. The van der Waals surface area contributed by atoms with Crippen LogP contribution in [0.3, 0.4) is 0 Å². The lowest BCUT2D eigenvalue weighted by molar-refractivity contribution is 0.0553. The quantitative estimate of drug-likeness (QED) is 0.848. The Balaban J connectivity index is 1.38. The van der Waals surface area contributed by atoms with Crippen LogP contribution in [0.25, 0.3) is 0 Å². The summed E-state index contributed by atoms with van der Waals surface area (Å²) < 4.78 is 2.05. The molecule has 0 atom stereocenters. The van der Waals surface area contributed by atoms with Crippen LogP contribution < -0.4 is 4.90 Å². The summed E-state index contributed by atoms with van der Waals surface area (Å²) in [7, 11) is 1.85. The van der Waals surface area contributed by atoms with Crippen molar-refractivity contribution in [2.45, 2.75) is 37.8 Å². The molecule has 2 saturated heterocycles. The molecule has 3 fully saturated rings. The van der Waals surface area contributed by atoms with Crippen molar-refractivity contribution in [3.8, 4) is 0 Å². The molecule has 2 aliphatic heterocycles. The second-order valence-electron chi connectivity index (χ2n) is 6.58. The number of anilines is 1. The molecule has 0 radical (unpaired) electrons. The van der Waals surface area contributed by atoms with Gasteiger partial charge in [0.2, 0.25) is 0 Å². The van der Waals surface area contributed by atoms with Crippen LogP contribution in [0.2, 0.25) is 0 Å². The predicted octanol–water partition coefficient (Wildman–Crippen LogP) is 1.55. The Morgan fingerprint density at radius 2 is 1.90 bits per heavy atom. The first-order chi connectivity index (χ1) is 10.2. The number of carbonyl (C=O) groups is 1. The van der Waals surface area contributed by atoms with E-state index in [9.17, 15) is 4.79 Å². The molecule has 1 aliphatic carbocycles. The van der Waals surface area contributed by atoms with Crippen molar-refractivity contribution in [3.63, 3.8) is 0 Å². The number of hydrogen-bond acceptors (Lipinski definition) is 3. The molecule has 114 valence electrons. The molecular formula is C15H23N5O. The third-order valence-electron chi connectivity index (χ3n) is 5.22. The Kier molecular flexibility index (Phi) is 3.14. The summed E-state index contributed by atoms with van der Waals surface area (Å²) in [5.74, 6) is 0. The molecule has 1 aromatic rings. The molecule has 1 saturated carbocycles. The highest BCUT2D eigenvalue weighted by Gasteiger charge is 2.35. The minimum Gasteiger partial charge on any atom is -0.326 e. The molecule has 2 amide bonds. The van der Waals surface area contributed by atoms with Crippen molar-refractivity contribution < 1.29 is 4.79 Å². The average molecular weight is 289 g/mol. The van der Waals surface area contributed by atoms with E-state index in [1.165, 1.54) is 25.7 Å². The van der Waals surface area contributed by atoms with Crippen LogP contribution in [0.4, 0.5) is 10.5 Å². The fourth-order valence-corrected chi connectivity index (χ4v) is 3.78. The van der Waals surface area contributed by atoms with Crippen LogP contribution in [-0.4, -0.2) is 64.9 Å². The van der Waals surface area contributed by atoms with Gasteiger partial charge in [-0.1, -0.05) is 12.8 Å². The van der Waals surface area contributed by atoms with Gasteiger partial charge in [-0.05, 0) is 12.8 Å². The van der Waals surface area contributed by atoms with Crippen LogP contribution in [0, 0.1) is 0 Å². The normalized spacial score (nSPS) is 25.1. The highest BCUT2D eigenvalue weighted by Crippen LogP contribution is 2.32. The topological polar surface area (TPSA) is 44.6 Å². The van der Waals surface area contributed by atoms with E-state index in [0.717, 1.165) is 37.9 Å². The van der Waals surface area contributed by atoms with Crippen molar-refractivity contribution in [2.75, 3.05) is 38.1 Å². The number of amides is 2.